The van der Waals surface area contributed by atoms with Crippen LogP contribution >= 0.6 is 0 Å². The molecule has 0 bridgehead atoms. The lowest BCUT2D eigenvalue weighted by atomic mass is 10.0. The minimum absolute atomic E-state index is 0.0561. The summed E-state index contributed by atoms with van der Waals surface area (Å²) in [6, 6.07) is 3.57. The van der Waals surface area contributed by atoms with Gasteiger partial charge in [0.1, 0.15) is 5.82 Å². The molecule has 0 spiro atoms. The molecule has 0 saturated heterocycles. The molecule has 0 aliphatic rings. The number of hydrogen-bond donors (Lipinski definition) is 3. The van der Waals surface area contributed by atoms with Gasteiger partial charge in [-0.1, -0.05) is 18.4 Å². The molecule has 0 aliphatic carbocycles. The van der Waals surface area contributed by atoms with Gasteiger partial charge < -0.3 is 16.8 Å². The number of anilines is 1. The number of benzene rings is 1. The lowest BCUT2D eigenvalue weighted by molar-refractivity contribution is 0.596. The predicted octanol–water partition coefficient (Wildman–Crippen LogP) is 2.06. The number of rotatable bonds is 5. The fourth-order valence-corrected chi connectivity index (χ4v) is 3.04. The van der Waals surface area contributed by atoms with Gasteiger partial charge in [0.2, 0.25) is 5.95 Å². The molecule has 1 aromatic carbocycles. The number of nitrogens with zero attached hydrogens (tertiary/aromatic N) is 2. The fraction of sp³-hybridized carbons (Fsp3) is 0.143. The van der Waals surface area contributed by atoms with E-state index in [4.69, 9.17) is 11.5 Å². The number of aryl methyl sites for hydroxylation is 1. The van der Waals surface area contributed by atoms with Crippen LogP contribution in [0, 0.1) is 24.6 Å². The van der Waals surface area contributed by atoms with E-state index in [1.165, 1.54) is 18.3 Å². The first kappa shape index (κ1) is 22.6. The van der Waals surface area contributed by atoms with Gasteiger partial charge in [-0.2, -0.15) is 0 Å². The molecule has 1 heterocycles. The minimum atomic E-state index is -3.56. The zero-order valence-electron chi connectivity index (χ0n) is 16.8. The first-order valence-electron chi connectivity index (χ1n) is 8.69. The summed E-state index contributed by atoms with van der Waals surface area (Å²) in [5.74, 6) is 4.97. The molecule has 1 aromatic heterocycles. The molecular formula is C21H22FN5O2S. The zero-order valence-corrected chi connectivity index (χ0v) is 17.6. The summed E-state index contributed by atoms with van der Waals surface area (Å²) in [6.07, 6.45) is 5.69. The largest absolute Gasteiger partial charge is 0.404 e. The monoisotopic (exact) mass is 427 g/mol. The van der Waals surface area contributed by atoms with Crippen molar-refractivity contribution in [2.75, 3.05) is 19.0 Å². The molecule has 0 saturated carbocycles. The smallest absolute Gasteiger partial charge is 0.220 e. The Morgan fingerprint density at radius 1 is 1.30 bits per heavy atom. The Morgan fingerprint density at radius 2 is 2.00 bits per heavy atom. The summed E-state index contributed by atoms with van der Waals surface area (Å²) >= 11 is 0. The van der Waals surface area contributed by atoms with Crippen LogP contribution in [-0.4, -0.2) is 31.7 Å². The Kier molecular flexibility index (Phi) is 6.97. The SMILES string of the molecule is C=C(/C=C\C(C#Cc1c(C)nc(N)nc1-c1ccc(S(C)(=O)=O)cc1F)=C/N)NC. The Morgan fingerprint density at radius 3 is 2.57 bits per heavy atom. The molecule has 0 aliphatic heterocycles. The van der Waals surface area contributed by atoms with Gasteiger partial charge in [0, 0.05) is 36.3 Å². The molecule has 0 fully saturated rings. The number of likely N-dealkylation sites (N-methyl/N-ethyl adjacent to an activating group) is 1. The molecule has 9 heteroatoms. The van der Waals surface area contributed by atoms with Crippen LogP contribution < -0.4 is 16.8 Å². The number of hydrogen-bond acceptors (Lipinski definition) is 7. The van der Waals surface area contributed by atoms with Gasteiger partial charge in [0.05, 0.1) is 21.8 Å². The third-order valence-corrected chi connectivity index (χ3v) is 5.14. The van der Waals surface area contributed by atoms with Gasteiger partial charge in [-0.15, -0.1) is 0 Å². The van der Waals surface area contributed by atoms with E-state index in [0.717, 1.165) is 12.3 Å². The summed E-state index contributed by atoms with van der Waals surface area (Å²) in [4.78, 5) is 8.08. The molecule has 30 heavy (non-hydrogen) atoms. The van der Waals surface area contributed by atoms with E-state index in [1.54, 1.807) is 26.1 Å². The van der Waals surface area contributed by atoms with Crippen LogP contribution in [0.25, 0.3) is 11.3 Å². The van der Waals surface area contributed by atoms with Gasteiger partial charge in [-0.3, -0.25) is 0 Å². The quantitative estimate of drug-likeness (QED) is 0.493. The van der Waals surface area contributed by atoms with Crippen LogP contribution in [-0.2, 0) is 9.84 Å². The maximum Gasteiger partial charge on any atom is 0.220 e. The van der Waals surface area contributed by atoms with Crippen molar-refractivity contribution in [2.45, 2.75) is 11.8 Å². The first-order valence-corrected chi connectivity index (χ1v) is 10.6. The van der Waals surface area contributed by atoms with E-state index in [-0.39, 0.29) is 22.1 Å². The molecule has 0 radical (unpaired) electrons. The van der Waals surface area contributed by atoms with E-state index in [0.29, 0.717) is 22.5 Å². The molecule has 156 valence electrons. The molecule has 2 rings (SSSR count). The van der Waals surface area contributed by atoms with Gasteiger partial charge in [0.15, 0.2) is 9.84 Å². The third-order valence-electron chi connectivity index (χ3n) is 4.03. The Bertz CT molecular complexity index is 1220. The minimum Gasteiger partial charge on any atom is -0.404 e. The summed E-state index contributed by atoms with van der Waals surface area (Å²) in [6.45, 7) is 5.44. The topological polar surface area (TPSA) is 124 Å². The highest BCUT2D eigenvalue weighted by atomic mass is 32.2. The third kappa shape index (κ3) is 5.46. The molecule has 0 amide bonds. The lowest BCUT2D eigenvalue weighted by Crippen LogP contribution is -2.05. The zero-order chi connectivity index (χ0) is 22.5. The average Bonchev–Trinajstić information content (AvgIpc) is 2.67. The molecule has 2 aromatic rings. The van der Waals surface area contributed by atoms with Crippen molar-refractivity contribution in [1.29, 1.82) is 0 Å². The van der Waals surface area contributed by atoms with E-state index in [1.807, 2.05) is 0 Å². The summed E-state index contributed by atoms with van der Waals surface area (Å²) in [5.41, 5.74) is 13.5. The second kappa shape index (κ2) is 9.24. The number of halogens is 1. The second-order valence-electron chi connectivity index (χ2n) is 6.29. The van der Waals surface area contributed by atoms with E-state index in [9.17, 15) is 12.8 Å². The van der Waals surface area contributed by atoms with Crippen molar-refractivity contribution >= 4 is 15.8 Å². The molecule has 5 N–H and O–H groups in total. The van der Waals surface area contributed by atoms with Crippen molar-refractivity contribution in [3.63, 3.8) is 0 Å². The Labute approximate surface area is 175 Å². The van der Waals surface area contributed by atoms with Crippen molar-refractivity contribution in [1.82, 2.24) is 15.3 Å². The number of sulfone groups is 1. The van der Waals surface area contributed by atoms with E-state index < -0.39 is 15.7 Å². The maximum atomic E-state index is 14.8. The second-order valence-corrected chi connectivity index (χ2v) is 8.30. The van der Waals surface area contributed by atoms with Crippen LogP contribution in [0.1, 0.15) is 11.3 Å². The van der Waals surface area contributed by atoms with Gasteiger partial charge >= 0.3 is 0 Å². The van der Waals surface area contributed by atoms with Gasteiger partial charge in [0.25, 0.3) is 0 Å². The van der Waals surface area contributed by atoms with Gasteiger partial charge in [-0.25, -0.2) is 22.8 Å². The van der Waals surface area contributed by atoms with E-state index >= 15 is 0 Å². The van der Waals surface area contributed by atoms with Crippen molar-refractivity contribution in [3.05, 3.63) is 71.5 Å². The first-order chi connectivity index (χ1) is 14.1. The normalized spacial score (nSPS) is 11.8. The lowest BCUT2D eigenvalue weighted by Gasteiger charge is -2.10. The van der Waals surface area contributed by atoms with Crippen molar-refractivity contribution in [3.8, 4) is 23.1 Å². The van der Waals surface area contributed by atoms with E-state index in [2.05, 4.69) is 33.7 Å². The predicted molar refractivity (Wildman–Crippen MR) is 116 cm³/mol. The van der Waals surface area contributed by atoms with Crippen molar-refractivity contribution in [2.24, 2.45) is 5.73 Å². The maximum absolute atomic E-state index is 14.8. The summed E-state index contributed by atoms with van der Waals surface area (Å²) < 4.78 is 38.1. The molecule has 0 atom stereocenters. The number of nitrogens with one attached hydrogen (secondary N) is 1. The molecule has 0 unspecified atom stereocenters. The number of nitrogens with two attached hydrogens (primary N) is 2. The van der Waals surface area contributed by atoms with Crippen LogP contribution in [0.3, 0.4) is 0 Å². The Balaban J connectivity index is 2.61. The highest BCUT2D eigenvalue weighted by Gasteiger charge is 2.17. The van der Waals surface area contributed by atoms with Crippen molar-refractivity contribution < 1.29 is 12.8 Å². The summed E-state index contributed by atoms with van der Waals surface area (Å²) in [7, 11) is -1.83. The highest BCUT2D eigenvalue weighted by Crippen LogP contribution is 2.28. The van der Waals surface area contributed by atoms with Crippen LogP contribution in [0.5, 0.6) is 0 Å². The van der Waals surface area contributed by atoms with Crippen LogP contribution in [0.2, 0.25) is 0 Å². The standard InChI is InChI=1S/C21H22FN5O2S/c1-13(25-3)5-6-15(12-23)7-9-17-14(2)26-21(24)27-20(17)18-10-8-16(11-19(18)22)30(4,28)29/h5-6,8,10-12,25H,1,23H2,2-4H3,(H2,24,26,27)/b6-5-,15-12+. The molecule has 7 nitrogen and oxygen atoms in total. The van der Waals surface area contributed by atoms with Crippen LogP contribution in [0.4, 0.5) is 10.3 Å². The average molecular weight is 428 g/mol. The number of aromatic nitrogens is 2. The fourth-order valence-electron chi connectivity index (χ4n) is 2.40. The van der Waals surface area contributed by atoms with Gasteiger partial charge in [-0.05, 0) is 37.3 Å². The number of allylic oxidation sites excluding steroid dienone is 3. The molecular weight excluding hydrogens is 405 g/mol. The summed E-state index contributed by atoms with van der Waals surface area (Å²) in [5, 5.41) is 2.87. The Hall–Kier alpha value is -3.64. The van der Waals surface area contributed by atoms with Crippen LogP contribution in [0.15, 0.2) is 59.3 Å². The number of nitrogen functional groups attached to an aromatic ring is 1. The highest BCUT2D eigenvalue weighted by molar-refractivity contribution is 7.90.